The topological polar surface area (TPSA) is 58.9 Å². The zero-order chi connectivity index (χ0) is 16.7. The Morgan fingerprint density at radius 3 is 2.67 bits per heavy atom. The number of fused-ring (bicyclic) bond motifs is 1. The SMILES string of the molecule is O=c1c(-c2ncc[nH]2)c(-c2ccc(Cl)cc2Cl)oc2ccccc12. The van der Waals surface area contributed by atoms with Crippen LogP contribution in [0.2, 0.25) is 10.0 Å². The minimum absolute atomic E-state index is 0.173. The summed E-state index contributed by atoms with van der Waals surface area (Å²) in [7, 11) is 0. The molecule has 2 aromatic heterocycles. The summed E-state index contributed by atoms with van der Waals surface area (Å²) in [5, 5.41) is 1.39. The van der Waals surface area contributed by atoms with E-state index in [9.17, 15) is 4.79 Å². The Bertz CT molecular complexity index is 1100. The van der Waals surface area contributed by atoms with Crippen LogP contribution in [0.25, 0.3) is 33.7 Å². The molecule has 118 valence electrons. The lowest BCUT2D eigenvalue weighted by Crippen LogP contribution is -2.08. The van der Waals surface area contributed by atoms with Gasteiger partial charge in [-0.25, -0.2) is 4.98 Å². The Labute approximate surface area is 146 Å². The minimum Gasteiger partial charge on any atom is -0.455 e. The molecule has 4 nitrogen and oxygen atoms in total. The molecule has 2 aromatic carbocycles. The summed E-state index contributed by atoms with van der Waals surface area (Å²) in [5.74, 6) is 0.783. The number of nitrogens with zero attached hydrogens (tertiary/aromatic N) is 1. The summed E-state index contributed by atoms with van der Waals surface area (Å²) in [5.41, 5.74) is 1.23. The summed E-state index contributed by atoms with van der Waals surface area (Å²) in [6, 6.07) is 12.1. The molecular weight excluding hydrogens is 347 g/mol. The number of imidazole rings is 1. The van der Waals surface area contributed by atoms with E-state index in [4.69, 9.17) is 27.6 Å². The van der Waals surface area contributed by atoms with E-state index in [0.717, 1.165) is 0 Å². The van der Waals surface area contributed by atoms with Gasteiger partial charge in [0, 0.05) is 23.0 Å². The summed E-state index contributed by atoms with van der Waals surface area (Å²) >= 11 is 12.3. The summed E-state index contributed by atoms with van der Waals surface area (Å²) < 4.78 is 6.02. The van der Waals surface area contributed by atoms with Crippen molar-refractivity contribution in [2.24, 2.45) is 0 Å². The fourth-order valence-electron chi connectivity index (χ4n) is 2.62. The lowest BCUT2D eigenvalue weighted by molar-refractivity contribution is 0.620. The average molecular weight is 357 g/mol. The molecule has 0 bridgehead atoms. The normalized spacial score (nSPS) is 11.1. The highest BCUT2D eigenvalue weighted by atomic mass is 35.5. The number of hydrogen-bond acceptors (Lipinski definition) is 3. The van der Waals surface area contributed by atoms with E-state index < -0.39 is 0 Å². The van der Waals surface area contributed by atoms with Gasteiger partial charge in [0.05, 0.1) is 10.4 Å². The third kappa shape index (κ3) is 2.40. The lowest BCUT2D eigenvalue weighted by Gasteiger charge is -2.10. The first-order chi connectivity index (χ1) is 11.6. The van der Waals surface area contributed by atoms with Crippen LogP contribution in [0, 0.1) is 0 Å². The van der Waals surface area contributed by atoms with Crippen LogP contribution in [0.15, 0.2) is 64.1 Å². The van der Waals surface area contributed by atoms with Gasteiger partial charge in [-0.15, -0.1) is 0 Å². The molecule has 0 atom stereocenters. The smallest absolute Gasteiger partial charge is 0.204 e. The fourth-order valence-corrected chi connectivity index (χ4v) is 3.12. The van der Waals surface area contributed by atoms with Crippen molar-refractivity contribution in [3.63, 3.8) is 0 Å². The van der Waals surface area contributed by atoms with Crippen molar-refractivity contribution in [1.29, 1.82) is 0 Å². The van der Waals surface area contributed by atoms with Gasteiger partial charge in [0.15, 0.2) is 5.76 Å². The molecule has 6 heteroatoms. The molecule has 0 radical (unpaired) electrons. The molecule has 0 unspecified atom stereocenters. The molecule has 0 spiro atoms. The van der Waals surface area contributed by atoms with Gasteiger partial charge in [-0.2, -0.15) is 0 Å². The first-order valence-electron chi connectivity index (χ1n) is 7.16. The second-order valence-electron chi connectivity index (χ2n) is 5.19. The molecule has 1 N–H and O–H groups in total. The number of para-hydroxylation sites is 1. The number of aromatic nitrogens is 2. The zero-order valence-electron chi connectivity index (χ0n) is 12.2. The van der Waals surface area contributed by atoms with Gasteiger partial charge in [0.2, 0.25) is 5.43 Å². The van der Waals surface area contributed by atoms with Gasteiger partial charge in [-0.3, -0.25) is 4.79 Å². The van der Waals surface area contributed by atoms with E-state index in [1.165, 1.54) is 0 Å². The second-order valence-corrected chi connectivity index (χ2v) is 6.04. The molecule has 0 aliphatic heterocycles. The molecule has 4 rings (SSSR count). The monoisotopic (exact) mass is 356 g/mol. The third-order valence-electron chi connectivity index (χ3n) is 3.71. The maximum Gasteiger partial charge on any atom is 0.204 e. The number of aromatic amines is 1. The average Bonchev–Trinajstić information content (AvgIpc) is 3.09. The summed E-state index contributed by atoms with van der Waals surface area (Å²) in [6.07, 6.45) is 3.23. The Kier molecular flexibility index (Phi) is 3.63. The molecule has 0 amide bonds. The van der Waals surface area contributed by atoms with Crippen molar-refractivity contribution in [2.45, 2.75) is 0 Å². The Morgan fingerprint density at radius 2 is 1.92 bits per heavy atom. The van der Waals surface area contributed by atoms with Gasteiger partial charge < -0.3 is 9.40 Å². The van der Waals surface area contributed by atoms with Gasteiger partial charge in [-0.05, 0) is 30.3 Å². The van der Waals surface area contributed by atoms with Gasteiger partial charge in [0.1, 0.15) is 17.0 Å². The molecule has 0 aliphatic rings. The van der Waals surface area contributed by atoms with Crippen molar-refractivity contribution in [1.82, 2.24) is 9.97 Å². The van der Waals surface area contributed by atoms with Crippen molar-refractivity contribution in [3.8, 4) is 22.7 Å². The maximum absolute atomic E-state index is 13.0. The number of H-pyrrole nitrogens is 1. The fraction of sp³-hybridized carbons (Fsp3) is 0. The van der Waals surface area contributed by atoms with E-state index in [0.29, 0.717) is 43.7 Å². The molecule has 2 heterocycles. The largest absolute Gasteiger partial charge is 0.455 e. The van der Waals surface area contributed by atoms with Crippen molar-refractivity contribution >= 4 is 34.2 Å². The van der Waals surface area contributed by atoms with Crippen LogP contribution in [-0.2, 0) is 0 Å². The van der Waals surface area contributed by atoms with E-state index in [1.807, 2.05) is 6.07 Å². The van der Waals surface area contributed by atoms with Crippen LogP contribution in [0.5, 0.6) is 0 Å². The highest BCUT2D eigenvalue weighted by Gasteiger charge is 2.21. The van der Waals surface area contributed by atoms with Gasteiger partial charge >= 0.3 is 0 Å². The molecule has 24 heavy (non-hydrogen) atoms. The summed E-state index contributed by atoms with van der Waals surface area (Å²) in [6.45, 7) is 0. The first kappa shape index (κ1) is 15.0. The highest BCUT2D eigenvalue weighted by Crippen LogP contribution is 2.36. The third-order valence-corrected chi connectivity index (χ3v) is 4.26. The minimum atomic E-state index is -0.173. The Balaban J connectivity index is 2.14. The second kappa shape index (κ2) is 5.82. The van der Waals surface area contributed by atoms with E-state index in [1.54, 1.807) is 48.8 Å². The zero-order valence-corrected chi connectivity index (χ0v) is 13.7. The predicted molar refractivity (Wildman–Crippen MR) is 95.5 cm³/mol. The maximum atomic E-state index is 13.0. The van der Waals surface area contributed by atoms with Crippen LogP contribution in [0.4, 0.5) is 0 Å². The number of benzene rings is 2. The van der Waals surface area contributed by atoms with Crippen molar-refractivity contribution in [2.75, 3.05) is 0 Å². The number of halogens is 2. The van der Waals surface area contributed by atoms with E-state index >= 15 is 0 Å². The van der Waals surface area contributed by atoms with Crippen LogP contribution >= 0.6 is 23.2 Å². The van der Waals surface area contributed by atoms with Crippen molar-refractivity contribution in [3.05, 3.63) is 75.1 Å². The number of hydrogen-bond donors (Lipinski definition) is 1. The van der Waals surface area contributed by atoms with Crippen molar-refractivity contribution < 1.29 is 4.42 Å². The van der Waals surface area contributed by atoms with Crippen LogP contribution in [0.3, 0.4) is 0 Å². The predicted octanol–water partition coefficient (Wildman–Crippen LogP) is 5.16. The van der Waals surface area contributed by atoms with Crippen LogP contribution < -0.4 is 5.43 Å². The number of nitrogens with one attached hydrogen (secondary N) is 1. The Hall–Kier alpha value is -2.56. The standard InChI is InChI=1S/C18H10Cl2N2O2/c19-10-5-6-11(13(20)9-10)17-15(18-21-7-8-22-18)16(23)12-3-1-2-4-14(12)24-17/h1-9H,(H,21,22). The molecule has 0 saturated heterocycles. The van der Waals surface area contributed by atoms with E-state index in [-0.39, 0.29) is 5.43 Å². The molecular formula is C18H10Cl2N2O2. The van der Waals surface area contributed by atoms with Gasteiger partial charge in [-0.1, -0.05) is 35.3 Å². The molecule has 0 fully saturated rings. The quantitative estimate of drug-likeness (QED) is 0.539. The molecule has 0 saturated carbocycles. The lowest BCUT2D eigenvalue weighted by atomic mass is 10.0. The summed E-state index contributed by atoms with van der Waals surface area (Å²) in [4.78, 5) is 20.2. The highest BCUT2D eigenvalue weighted by molar-refractivity contribution is 6.36. The van der Waals surface area contributed by atoms with Crippen LogP contribution in [0.1, 0.15) is 0 Å². The molecule has 0 aliphatic carbocycles. The first-order valence-corrected chi connectivity index (χ1v) is 7.92. The number of rotatable bonds is 2. The molecule has 4 aromatic rings. The van der Waals surface area contributed by atoms with Gasteiger partial charge in [0.25, 0.3) is 0 Å². The Morgan fingerprint density at radius 1 is 1.08 bits per heavy atom. The van der Waals surface area contributed by atoms with E-state index in [2.05, 4.69) is 9.97 Å². The van der Waals surface area contributed by atoms with Crippen LogP contribution in [-0.4, -0.2) is 9.97 Å².